The lowest BCUT2D eigenvalue weighted by Crippen LogP contribution is -2.37. The third kappa shape index (κ3) is 15.5. The topological polar surface area (TPSA) is 39.7 Å². The van der Waals surface area contributed by atoms with E-state index in [2.05, 4.69) is 34.9 Å². The van der Waals surface area contributed by atoms with Gasteiger partial charge in [0.1, 0.15) is 5.67 Å². The lowest BCUT2D eigenvalue weighted by atomic mass is 9.71. The summed E-state index contributed by atoms with van der Waals surface area (Å²) in [7, 11) is 0. The normalized spacial score (nSPS) is 24.5. The van der Waals surface area contributed by atoms with Crippen LogP contribution in [0.25, 0.3) is 0 Å². The number of allylic oxidation sites excluding steroid dienone is 2. The van der Waals surface area contributed by atoms with Gasteiger partial charge in [-0.2, -0.15) is 5.10 Å². The summed E-state index contributed by atoms with van der Waals surface area (Å²) in [5.41, 5.74) is 2.83. The largest absolute Gasteiger partial charge is 0.385 e. The number of hydrogen-bond donors (Lipinski definition) is 2. The Hall–Kier alpha value is -2.76. The number of alkyl halides is 5. The molecule has 9 heteroatoms. The minimum Gasteiger partial charge on any atom is -0.385 e. The monoisotopic (exact) mass is 598 g/mol. The minimum atomic E-state index is -2.39. The summed E-state index contributed by atoms with van der Waals surface area (Å²) in [4.78, 5) is 0. The van der Waals surface area contributed by atoms with Crippen molar-refractivity contribution in [2.75, 3.05) is 13.1 Å². The molecule has 0 aromatic carbocycles. The first kappa shape index (κ1) is 37.3. The SMILES string of the molecule is C#CNC/C(C)=C/N1N=CC(CNC(=C)CC2CC(C)(F)C2)=CC1=C.CC.CC(F)(F)C1CC1.FC1(F)CCCCC1. The standard InChI is InChI=1S/C20H27FN4.C6H10F2.C5H8F2.C2H6/c1-6-22-11-15(2)14-25-17(4)8-19(13-24-25)12-23-16(3)7-18-9-20(5,21)10-18;7-6(8)4-2-1-3-5-6;1-5(6,7)4-2-3-4;1-2/h1,8,13-14,18,22-23H,3-4,7,9-12H2,2,5H3;1-5H2;4H,2-3H2,1H3;1-2H3/b15-14+;;;. The first-order valence-corrected chi connectivity index (χ1v) is 15.0. The Morgan fingerprint density at radius 3 is 2.19 bits per heavy atom. The molecule has 4 aliphatic rings. The first-order chi connectivity index (χ1) is 19.6. The second-order valence-corrected chi connectivity index (χ2v) is 11.8. The van der Waals surface area contributed by atoms with Gasteiger partial charge in [-0.25, -0.2) is 27.0 Å². The van der Waals surface area contributed by atoms with Crippen LogP contribution in [0, 0.1) is 24.3 Å². The lowest BCUT2D eigenvalue weighted by Gasteiger charge is -2.39. The quantitative estimate of drug-likeness (QED) is 0.158. The van der Waals surface area contributed by atoms with Gasteiger partial charge in [-0.3, -0.25) is 0 Å². The molecule has 0 aromatic rings. The Balaban J connectivity index is 0.000000418. The van der Waals surface area contributed by atoms with Crippen LogP contribution in [0.1, 0.15) is 98.8 Å². The summed E-state index contributed by atoms with van der Waals surface area (Å²) in [6.07, 6.45) is 17.0. The molecule has 4 nitrogen and oxygen atoms in total. The molecule has 0 saturated heterocycles. The molecule has 1 aliphatic heterocycles. The van der Waals surface area contributed by atoms with E-state index in [-0.39, 0.29) is 18.8 Å². The highest BCUT2D eigenvalue weighted by Crippen LogP contribution is 2.43. The molecule has 1 heterocycles. The zero-order chi connectivity index (χ0) is 32.0. The summed E-state index contributed by atoms with van der Waals surface area (Å²) in [6.45, 7) is 17.9. The van der Waals surface area contributed by atoms with Crippen LogP contribution in [0.15, 0.2) is 53.1 Å². The Morgan fingerprint density at radius 1 is 1.19 bits per heavy atom. The number of nitrogens with zero attached hydrogens (tertiary/aromatic N) is 2. The maximum Gasteiger partial charge on any atom is 0.248 e. The zero-order valence-electron chi connectivity index (χ0n) is 26.1. The summed E-state index contributed by atoms with van der Waals surface area (Å²) in [5, 5.41) is 12.2. The summed E-state index contributed by atoms with van der Waals surface area (Å²) in [5.74, 6) is -4.59. The van der Waals surface area contributed by atoms with Gasteiger partial charge in [-0.1, -0.05) is 39.8 Å². The molecule has 0 unspecified atom stereocenters. The number of terminal acetylenes is 1. The molecule has 238 valence electrons. The van der Waals surface area contributed by atoms with Crippen LogP contribution in [0.3, 0.4) is 0 Å². The van der Waals surface area contributed by atoms with E-state index in [4.69, 9.17) is 6.42 Å². The van der Waals surface area contributed by atoms with Crippen molar-refractivity contribution in [3.8, 4) is 12.5 Å². The Bertz CT molecular complexity index is 981. The van der Waals surface area contributed by atoms with E-state index in [1.807, 2.05) is 33.0 Å². The second kappa shape index (κ2) is 17.4. The third-order valence-corrected chi connectivity index (χ3v) is 7.19. The minimum absolute atomic E-state index is 0.118. The van der Waals surface area contributed by atoms with E-state index in [0.717, 1.165) is 55.1 Å². The molecule has 0 amide bonds. The smallest absolute Gasteiger partial charge is 0.248 e. The van der Waals surface area contributed by atoms with Gasteiger partial charge in [0, 0.05) is 49.8 Å². The van der Waals surface area contributed by atoms with Crippen molar-refractivity contribution in [3.05, 3.63) is 48.0 Å². The first-order valence-electron chi connectivity index (χ1n) is 15.0. The molecule has 0 radical (unpaired) electrons. The van der Waals surface area contributed by atoms with E-state index < -0.39 is 17.5 Å². The molecular formula is C33H51F5N4. The highest BCUT2D eigenvalue weighted by Gasteiger charge is 2.42. The van der Waals surface area contributed by atoms with Crippen molar-refractivity contribution in [1.29, 1.82) is 0 Å². The van der Waals surface area contributed by atoms with Crippen LogP contribution >= 0.6 is 0 Å². The fourth-order valence-corrected chi connectivity index (χ4v) is 4.78. The molecule has 0 spiro atoms. The highest BCUT2D eigenvalue weighted by molar-refractivity contribution is 5.81. The van der Waals surface area contributed by atoms with E-state index in [1.165, 1.54) is 0 Å². The van der Waals surface area contributed by atoms with Gasteiger partial charge in [0.2, 0.25) is 11.8 Å². The lowest BCUT2D eigenvalue weighted by molar-refractivity contribution is -0.0337. The van der Waals surface area contributed by atoms with Crippen LogP contribution in [0.2, 0.25) is 0 Å². The molecular weight excluding hydrogens is 547 g/mol. The van der Waals surface area contributed by atoms with Crippen LogP contribution in [-0.4, -0.2) is 41.8 Å². The number of nitrogens with one attached hydrogen (secondary N) is 2. The summed E-state index contributed by atoms with van der Waals surface area (Å²) < 4.78 is 61.7. The molecule has 0 atom stereocenters. The molecule has 42 heavy (non-hydrogen) atoms. The van der Waals surface area contributed by atoms with Crippen molar-refractivity contribution in [3.63, 3.8) is 0 Å². The van der Waals surface area contributed by atoms with Gasteiger partial charge in [0.25, 0.3) is 0 Å². The molecule has 3 aliphatic carbocycles. The molecule has 0 bridgehead atoms. The van der Waals surface area contributed by atoms with Crippen molar-refractivity contribution < 1.29 is 22.0 Å². The predicted octanol–water partition coefficient (Wildman–Crippen LogP) is 9.11. The van der Waals surface area contributed by atoms with Gasteiger partial charge in [-0.15, -0.1) is 0 Å². The Morgan fingerprint density at radius 2 is 1.79 bits per heavy atom. The van der Waals surface area contributed by atoms with Crippen LogP contribution in [0.4, 0.5) is 22.0 Å². The van der Waals surface area contributed by atoms with E-state index in [9.17, 15) is 22.0 Å². The summed E-state index contributed by atoms with van der Waals surface area (Å²) in [6, 6.07) is 2.39. The van der Waals surface area contributed by atoms with Gasteiger partial charge in [-0.05, 0) is 88.9 Å². The van der Waals surface area contributed by atoms with Crippen molar-refractivity contribution in [1.82, 2.24) is 15.6 Å². The average Bonchev–Trinajstić information content (AvgIpc) is 3.75. The van der Waals surface area contributed by atoms with Gasteiger partial charge >= 0.3 is 0 Å². The van der Waals surface area contributed by atoms with E-state index in [0.29, 0.717) is 44.7 Å². The number of hydrogen-bond acceptors (Lipinski definition) is 4. The third-order valence-electron chi connectivity index (χ3n) is 7.19. The molecule has 0 aromatic heterocycles. The Labute approximate surface area is 250 Å². The van der Waals surface area contributed by atoms with Crippen LogP contribution in [-0.2, 0) is 0 Å². The van der Waals surface area contributed by atoms with Crippen LogP contribution in [0.5, 0.6) is 0 Å². The second-order valence-electron chi connectivity index (χ2n) is 11.8. The van der Waals surface area contributed by atoms with Gasteiger partial charge in [0.05, 0.1) is 11.9 Å². The number of halogens is 5. The number of hydrazone groups is 1. The molecule has 2 N–H and O–H groups in total. The number of rotatable bonds is 9. The highest BCUT2D eigenvalue weighted by atomic mass is 19.3. The summed E-state index contributed by atoms with van der Waals surface area (Å²) >= 11 is 0. The molecule has 3 fully saturated rings. The van der Waals surface area contributed by atoms with Crippen molar-refractivity contribution in [2.24, 2.45) is 16.9 Å². The maximum atomic E-state index is 13.5. The molecule has 3 saturated carbocycles. The van der Waals surface area contributed by atoms with Crippen molar-refractivity contribution in [2.45, 2.75) is 116 Å². The average molecular weight is 599 g/mol. The Kier molecular flexibility index (Phi) is 15.4. The fraction of sp³-hybridized carbons (Fsp3) is 0.667. The van der Waals surface area contributed by atoms with Gasteiger partial charge < -0.3 is 10.6 Å². The van der Waals surface area contributed by atoms with E-state index >= 15 is 0 Å². The maximum absolute atomic E-state index is 13.5. The fourth-order valence-electron chi connectivity index (χ4n) is 4.78. The van der Waals surface area contributed by atoms with Crippen molar-refractivity contribution >= 4 is 6.21 Å². The van der Waals surface area contributed by atoms with Crippen LogP contribution < -0.4 is 10.6 Å². The predicted molar refractivity (Wildman–Crippen MR) is 165 cm³/mol. The zero-order valence-corrected chi connectivity index (χ0v) is 26.1. The van der Waals surface area contributed by atoms with Gasteiger partial charge in [0.15, 0.2) is 0 Å². The van der Waals surface area contributed by atoms with E-state index in [1.54, 1.807) is 18.1 Å². The molecule has 4 rings (SSSR count).